The van der Waals surface area contributed by atoms with Crippen LogP contribution >= 0.6 is 0 Å². The van der Waals surface area contributed by atoms with E-state index in [-0.39, 0.29) is 17.8 Å². The molecule has 6 rings (SSSR count). The predicted octanol–water partition coefficient (Wildman–Crippen LogP) is 2.92. The summed E-state index contributed by atoms with van der Waals surface area (Å²) in [7, 11) is 0. The number of carbonyl (C=O) groups excluding carboxylic acids is 2. The van der Waals surface area contributed by atoms with Crippen molar-refractivity contribution >= 4 is 23.4 Å². The van der Waals surface area contributed by atoms with Gasteiger partial charge in [0, 0.05) is 38.8 Å². The van der Waals surface area contributed by atoms with Crippen molar-refractivity contribution in [2.24, 2.45) is 17.8 Å². The Morgan fingerprint density at radius 3 is 2.69 bits per heavy atom. The zero-order chi connectivity index (χ0) is 23.9. The van der Waals surface area contributed by atoms with E-state index in [1.165, 1.54) is 36.6 Å². The summed E-state index contributed by atoms with van der Waals surface area (Å²) in [6, 6.07) is 4.86. The first-order valence-corrected chi connectivity index (χ1v) is 12.7. The number of hydrogen-bond donors (Lipinski definition) is 0. The van der Waals surface area contributed by atoms with Crippen molar-refractivity contribution < 1.29 is 18.7 Å². The molecular weight excluding hydrogens is 451 g/mol. The molecule has 4 fully saturated rings. The van der Waals surface area contributed by atoms with Crippen LogP contribution in [-0.2, 0) is 16.1 Å². The molecule has 0 spiro atoms. The second kappa shape index (κ2) is 9.13. The van der Waals surface area contributed by atoms with Crippen LogP contribution in [0.3, 0.4) is 0 Å². The lowest BCUT2D eigenvalue weighted by molar-refractivity contribution is -0.132. The summed E-state index contributed by atoms with van der Waals surface area (Å²) >= 11 is 0. The quantitative estimate of drug-likeness (QED) is 0.630. The van der Waals surface area contributed by atoms with Crippen molar-refractivity contribution in [2.75, 3.05) is 42.5 Å². The number of fused-ring (bicyclic) bond motifs is 2. The molecule has 3 unspecified atom stereocenters. The van der Waals surface area contributed by atoms with Gasteiger partial charge in [-0.25, -0.2) is 13.9 Å². The van der Waals surface area contributed by atoms with Crippen LogP contribution in [0.2, 0.25) is 0 Å². The summed E-state index contributed by atoms with van der Waals surface area (Å²) in [6.45, 7) is 3.15. The van der Waals surface area contributed by atoms with E-state index in [9.17, 15) is 9.59 Å². The Morgan fingerprint density at radius 2 is 2.00 bits per heavy atom. The lowest BCUT2D eigenvalue weighted by atomic mass is 9.86. The minimum Gasteiger partial charge on any atom is -0.442 e. The number of halogens is 1. The van der Waals surface area contributed by atoms with Crippen LogP contribution in [0.25, 0.3) is 0 Å². The van der Waals surface area contributed by atoms with Crippen LogP contribution in [0, 0.1) is 23.6 Å². The Labute approximate surface area is 203 Å². The first-order chi connectivity index (χ1) is 17.0. The average molecular weight is 483 g/mol. The third-order valence-electron chi connectivity index (χ3n) is 8.27. The second-order valence-electron chi connectivity index (χ2n) is 10.4. The lowest BCUT2D eigenvalue weighted by Gasteiger charge is -2.37. The summed E-state index contributed by atoms with van der Waals surface area (Å²) in [5.41, 5.74) is 0.970. The number of hydrogen-bond acceptors (Lipinski definition) is 6. The molecule has 2 amide bonds. The van der Waals surface area contributed by atoms with Gasteiger partial charge in [-0.05, 0) is 55.2 Å². The third-order valence-corrected chi connectivity index (χ3v) is 8.27. The van der Waals surface area contributed by atoms with Gasteiger partial charge in [-0.15, -0.1) is 5.10 Å². The van der Waals surface area contributed by atoms with Crippen LogP contribution in [-0.4, -0.2) is 70.7 Å². The largest absolute Gasteiger partial charge is 0.442 e. The minimum atomic E-state index is -0.495. The standard InChI is InChI=1S/C25H31FN6O3/c26-22-14-20(32-16-21(35-25(32)34)15-31-6-5-27-28-31)3-4-23(22)29-7-9-30(10-8-29)24(33)13-19-12-17-1-2-18(19)11-17/h3-6,14,17-19,21H,1-2,7-13,15-16H2/t17?,18?,19?,21-/m0/s1. The van der Waals surface area contributed by atoms with Crippen LogP contribution in [0.1, 0.15) is 32.1 Å². The van der Waals surface area contributed by atoms with Gasteiger partial charge in [0.15, 0.2) is 0 Å². The van der Waals surface area contributed by atoms with Gasteiger partial charge >= 0.3 is 6.09 Å². The van der Waals surface area contributed by atoms with Crippen LogP contribution < -0.4 is 9.80 Å². The van der Waals surface area contributed by atoms with Gasteiger partial charge in [-0.1, -0.05) is 11.6 Å². The van der Waals surface area contributed by atoms with E-state index >= 15 is 4.39 Å². The molecule has 0 N–H and O–H groups in total. The SMILES string of the molecule is O=C(CC1CC2CCC1C2)N1CCN(c2ccc(N3C[C@H](Cn4ccnn4)OC3=O)cc2F)CC1. The summed E-state index contributed by atoms with van der Waals surface area (Å²) in [4.78, 5) is 30.6. The van der Waals surface area contributed by atoms with Crippen LogP contribution in [0.4, 0.5) is 20.6 Å². The van der Waals surface area contributed by atoms with Crippen LogP contribution in [0.5, 0.6) is 0 Å². The minimum absolute atomic E-state index is 0.256. The maximum Gasteiger partial charge on any atom is 0.414 e. The van der Waals surface area contributed by atoms with Gasteiger partial charge in [-0.2, -0.15) is 0 Å². The zero-order valence-corrected chi connectivity index (χ0v) is 19.8. The van der Waals surface area contributed by atoms with E-state index in [4.69, 9.17) is 4.74 Å². The normalized spacial score (nSPS) is 28.1. The highest BCUT2D eigenvalue weighted by molar-refractivity contribution is 5.90. The van der Waals surface area contributed by atoms with Crippen molar-refractivity contribution in [2.45, 2.75) is 44.8 Å². The van der Waals surface area contributed by atoms with Crippen molar-refractivity contribution in [3.8, 4) is 0 Å². The molecule has 2 saturated carbocycles. The fourth-order valence-corrected chi connectivity index (χ4v) is 6.46. The lowest BCUT2D eigenvalue weighted by Crippen LogP contribution is -2.49. The second-order valence-corrected chi connectivity index (χ2v) is 10.4. The molecule has 186 valence electrons. The van der Waals surface area contributed by atoms with Gasteiger partial charge in [0.2, 0.25) is 5.91 Å². The number of carbonyl (C=O) groups is 2. The maximum absolute atomic E-state index is 15.1. The number of cyclic esters (lactones) is 1. The van der Waals surface area contributed by atoms with Crippen molar-refractivity contribution in [3.63, 3.8) is 0 Å². The molecule has 1 aromatic carbocycles. The number of nitrogens with zero attached hydrogens (tertiary/aromatic N) is 6. The van der Waals surface area contributed by atoms with E-state index in [2.05, 4.69) is 10.3 Å². The number of benzene rings is 1. The van der Waals surface area contributed by atoms with Crippen molar-refractivity contribution in [3.05, 3.63) is 36.4 Å². The molecule has 9 nitrogen and oxygen atoms in total. The number of aromatic nitrogens is 3. The van der Waals surface area contributed by atoms with E-state index < -0.39 is 6.09 Å². The molecule has 0 radical (unpaired) electrons. The molecule has 35 heavy (non-hydrogen) atoms. The fourth-order valence-electron chi connectivity index (χ4n) is 6.46. The van der Waals surface area contributed by atoms with Gasteiger partial charge in [0.1, 0.15) is 11.9 Å². The van der Waals surface area contributed by atoms with E-state index in [1.54, 1.807) is 29.2 Å². The van der Waals surface area contributed by atoms with E-state index in [1.807, 2.05) is 9.80 Å². The summed E-state index contributed by atoms with van der Waals surface area (Å²) in [5.74, 6) is 2.05. The number of rotatable bonds is 6. The fraction of sp³-hybridized carbons (Fsp3) is 0.600. The molecule has 4 atom stereocenters. The Bertz CT molecular complexity index is 1090. The smallest absolute Gasteiger partial charge is 0.414 e. The number of anilines is 2. The van der Waals surface area contributed by atoms with E-state index in [0.29, 0.717) is 63.0 Å². The third kappa shape index (κ3) is 4.46. The van der Waals surface area contributed by atoms with Gasteiger partial charge in [0.25, 0.3) is 0 Å². The topological polar surface area (TPSA) is 83.8 Å². The van der Waals surface area contributed by atoms with Gasteiger partial charge in [0.05, 0.1) is 30.7 Å². The molecule has 2 aliphatic carbocycles. The van der Waals surface area contributed by atoms with Crippen molar-refractivity contribution in [1.82, 2.24) is 19.9 Å². The number of piperazine rings is 1. The van der Waals surface area contributed by atoms with Crippen molar-refractivity contribution in [1.29, 1.82) is 0 Å². The molecule has 3 heterocycles. The Morgan fingerprint density at radius 1 is 1.14 bits per heavy atom. The molecule has 2 bridgehead atoms. The highest BCUT2D eigenvalue weighted by Crippen LogP contribution is 2.49. The maximum atomic E-state index is 15.1. The monoisotopic (exact) mass is 482 g/mol. The van der Waals surface area contributed by atoms with E-state index in [0.717, 1.165) is 11.8 Å². The molecular formula is C25H31FN6O3. The predicted molar refractivity (Wildman–Crippen MR) is 126 cm³/mol. The highest BCUT2D eigenvalue weighted by Gasteiger charge is 2.41. The first-order valence-electron chi connectivity index (χ1n) is 12.7. The Hall–Kier alpha value is -3.17. The molecule has 2 aromatic rings. The molecule has 2 aliphatic heterocycles. The zero-order valence-electron chi connectivity index (χ0n) is 19.8. The van der Waals surface area contributed by atoms with Gasteiger partial charge < -0.3 is 14.5 Å². The molecule has 4 aliphatic rings. The Kier molecular flexibility index (Phi) is 5.82. The Balaban J connectivity index is 1.04. The number of ether oxygens (including phenoxy) is 1. The summed E-state index contributed by atoms with van der Waals surface area (Å²) < 4.78 is 22.1. The number of amides is 2. The molecule has 2 saturated heterocycles. The van der Waals surface area contributed by atoms with Crippen LogP contribution in [0.15, 0.2) is 30.6 Å². The molecule has 1 aromatic heterocycles. The highest BCUT2D eigenvalue weighted by atomic mass is 19.1. The average Bonchev–Trinajstić information content (AvgIpc) is 3.66. The van der Waals surface area contributed by atoms with Gasteiger partial charge in [-0.3, -0.25) is 9.69 Å². The first kappa shape index (κ1) is 22.3. The summed E-state index contributed by atoms with van der Waals surface area (Å²) in [5, 5.41) is 7.65. The molecule has 10 heteroatoms. The summed E-state index contributed by atoms with van der Waals surface area (Å²) in [6.07, 6.45) is 8.26.